The van der Waals surface area contributed by atoms with Crippen LogP contribution in [0.4, 0.5) is 0 Å². The van der Waals surface area contributed by atoms with Gasteiger partial charge < -0.3 is 14.2 Å². The molecule has 0 aromatic rings. The smallest absolute Gasteiger partial charge is 0.306 e. The molecule has 0 N–H and O–H groups in total. The average molecular weight is 1020 g/mol. The fourth-order valence-corrected chi connectivity index (χ4v) is 9.25. The van der Waals surface area contributed by atoms with E-state index in [0.29, 0.717) is 19.3 Å². The number of esters is 3. The van der Waals surface area contributed by atoms with Gasteiger partial charge >= 0.3 is 17.9 Å². The van der Waals surface area contributed by atoms with Gasteiger partial charge in [-0.05, 0) is 83.5 Å². The number of rotatable bonds is 58. The van der Waals surface area contributed by atoms with Crippen molar-refractivity contribution in [2.45, 2.75) is 335 Å². The summed E-state index contributed by atoms with van der Waals surface area (Å²) in [7, 11) is 0. The predicted molar refractivity (Wildman–Crippen MR) is 316 cm³/mol. The molecule has 0 aliphatic carbocycles. The standard InChI is InChI=1S/C67H120O6/c1-4-7-10-13-16-18-20-22-24-25-26-27-28-29-30-31-32-33-34-35-36-37-38-39-40-41-43-44-46-48-51-54-57-60-66(69)72-63-64(62-71-65(68)59-56-53-50-15-12-9-6-3)73-67(70)61-58-55-52-49-47-45-42-23-21-19-17-14-11-8-5-2/h8,11,17,19-20,22-23,25-26,42,64H,4-7,9-10,12-16,18,21,24,27-41,43-63H2,1-3H3/b11-8-,19-17-,22-20-,26-25-,42-23-. The first kappa shape index (κ1) is 70.1. The van der Waals surface area contributed by atoms with Crippen LogP contribution in [0.1, 0.15) is 329 Å². The lowest BCUT2D eigenvalue weighted by Gasteiger charge is -2.18. The van der Waals surface area contributed by atoms with Crippen molar-refractivity contribution in [3.8, 4) is 0 Å². The maximum absolute atomic E-state index is 12.8. The number of unbranched alkanes of at least 4 members (excludes halogenated alkanes) is 37. The quantitative estimate of drug-likeness (QED) is 0.0261. The fourth-order valence-electron chi connectivity index (χ4n) is 9.25. The molecule has 6 nitrogen and oxygen atoms in total. The van der Waals surface area contributed by atoms with E-state index in [2.05, 4.69) is 81.5 Å². The molecule has 0 saturated heterocycles. The van der Waals surface area contributed by atoms with Crippen LogP contribution in [0.25, 0.3) is 0 Å². The second-order valence-electron chi connectivity index (χ2n) is 21.3. The van der Waals surface area contributed by atoms with Crippen molar-refractivity contribution < 1.29 is 28.6 Å². The largest absolute Gasteiger partial charge is 0.462 e. The first-order chi connectivity index (χ1) is 36.0. The third-order valence-corrected chi connectivity index (χ3v) is 14.0. The number of ether oxygens (including phenoxy) is 3. The van der Waals surface area contributed by atoms with Crippen molar-refractivity contribution in [1.82, 2.24) is 0 Å². The Morgan fingerprint density at radius 1 is 0.288 bits per heavy atom. The molecule has 0 aromatic carbocycles. The van der Waals surface area contributed by atoms with Crippen LogP contribution < -0.4 is 0 Å². The Balaban J connectivity index is 3.97. The molecule has 0 heterocycles. The van der Waals surface area contributed by atoms with Gasteiger partial charge in [0.1, 0.15) is 13.2 Å². The van der Waals surface area contributed by atoms with Crippen LogP contribution in [-0.4, -0.2) is 37.2 Å². The molecule has 1 unspecified atom stereocenters. The molecule has 0 amide bonds. The van der Waals surface area contributed by atoms with E-state index in [1.54, 1.807) is 0 Å². The molecule has 0 aromatic heterocycles. The summed E-state index contributed by atoms with van der Waals surface area (Å²) in [6.45, 7) is 6.49. The highest BCUT2D eigenvalue weighted by atomic mass is 16.6. The molecule has 0 spiro atoms. The summed E-state index contributed by atoms with van der Waals surface area (Å²) in [4.78, 5) is 38.0. The van der Waals surface area contributed by atoms with Gasteiger partial charge in [-0.1, -0.05) is 287 Å². The summed E-state index contributed by atoms with van der Waals surface area (Å²) in [6, 6.07) is 0. The normalized spacial score (nSPS) is 12.4. The van der Waals surface area contributed by atoms with E-state index in [-0.39, 0.29) is 31.1 Å². The molecule has 0 fully saturated rings. The highest BCUT2D eigenvalue weighted by molar-refractivity contribution is 5.71. The Bertz CT molecular complexity index is 1310. The zero-order valence-electron chi connectivity index (χ0n) is 48.7. The van der Waals surface area contributed by atoms with Gasteiger partial charge in [0.25, 0.3) is 0 Å². The van der Waals surface area contributed by atoms with Crippen LogP contribution in [0.5, 0.6) is 0 Å². The minimum absolute atomic E-state index is 0.0777. The van der Waals surface area contributed by atoms with Crippen LogP contribution in [0, 0.1) is 0 Å². The Morgan fingerprint density at radius 3 is 0.836 bits per heavy atom. The number of carbonyl (C=O) groups is 3. The van der Waals surface area contributed by atoms with E-state index in [4.69, 9.17) is 14.2 Å². The van der Waals surface area contributed by atoms with Crippen LogP contribution in [-0.2, 0) is 28.6 Å². The first-order valence-corrected chi connectivity index (χ1v) is 31.8. The van der Waals surface area contributed by atoms with Gasteiger partial charge in [0.2, 0.25) is 0 Å². The third-order valence-electron chi connectivity index (χ3n) is 14.0. The third kappa shape index (κ3) is 59.9. The van der Waals surface area contributed by atoms with Gasteiger partial charge in [0.05, 0.1) is 0 Å². The lowest BCUT2D eigenvalue weighted by atomic mass is 10.0. The van der Waals surface area contributed by atoms with Crippen molar-refractivity contribution in [1.29, 1.82) is 0 Å². The second kappa shape index (κ2) is 61.7. The molecule has 6 heteroatoms. The maximum atomic E-state index is 12.8. The van der Waals surface area contributed by atoms with E-state index in [1.807, 2.05) is 0 Å². The molecular weight excluding hydrogens is 901 g/mol. The molecule has 0 bridgehead atoms. The van der Waals surface area contributed by atoms with Gasteiger partial charge in [-0.15, -0.1) is 0 Å². The van der Waals surface area contributed by atoms with Gasteiger partial charge in [-0.2, -0.15) is 0 Å². The molecule has 0 rings (SSSR count). The van der Waals surface area contributed by atoms with Gasteiger partial charge in [0, 0.05) is 19.3 Å². The number of hydrogen-bond acceptors (Lipinski definition) is 6. The minimum atomic E-state index is -0.778. The fraction of sp³-hybridized carbons (Fsp3) is 0.806. The van der Waals surface area contributed by atoms with Crippen molar-refractivity contribution in [3.63, 3.8) is 0 Å². The van der Waals surface area contributed by atoms with Gasteiger partial charge in [0.15, 0.2) is 6.10 Å². The molecule has 0 radical (unpaired) electrons. The SMILES string of the molecule is CC/C=C\C/C=C\C/C=C\CCCCCCCC(=O)OC(COC(=O)CCCCCCCCC)COC(=O)CCCCCCCCCCCCCCCCCCCCCCC/C=C\C/C=C\CCCCCCC. The molecule has 73 heavy (non-hydrogen) atoms. The Hall–Kier alpha value is -2.89. The Morgan fingerprint density at radius 2 is 0.534 bits per heavy atom. The molecule has 424 valence electrons. The highest BCUT2D eigenvalue weighted by Gasteiger charge is 2.19. The second-order valence-corrected chi connectivity index (χ2v) is 21.3. The van der Waals surface area contributed by atoms with Crippen molar-refractivity contribution >= 4 is 17.9 Å². The number of hydrogen-bond donors (Lipinski definition) is 0. The maximum Gasteiger partial charge on any atom is 0.306 e. The average Bonchev–Trinajstić information content (AvgIpc) is 3.39. The lowest BCUT2D eigenvalue weighted by molar-refractivity contribution is -0.167. The van der Waals surface area contributed by atoms with E-state index < -0.39 is 6.10 Å². The van der Waals surface area contributed by atoms with E-state index >= 15 is 0 Å². The topological polar surface area (TPSA) is 78.9 Å². The minimum Gasteiger partial charge on any atom is -0.462 e. The predicted octanol–water partition coefficient (Wildman–Crippen LogP) is 21.6. The van der Waals surface area contributed by atoms with Crippen LogP contribution in [0.2, 0.25) is 0 Å². The molecule has 0 saturated carbocycles. The summed E-state index contributed by atoms with van der Waals surface area (Å²) < 4.78 is 16.8. The van der Waals surface area contributed by atoms with Crippen molar-refractivity contribution in [2.75, 3.05) is 13.2 Å². The zero-order valence-corrected chi connectivity index (χ0v) is 48.7. The zero-order chi connectivity index (χ0) is 52.9. The summed E-state index contributed by atoms with van der Waals surface area (Å²) in [5, 5.41) is 0. The van der Waals surface area contributed by atoms with Crippen molar-refractivity contribution in [2.24, 2.45) is 0 Å². The van der Waals surface area contributed by atoms with E-state index in [1.165, 1.54) is 186 Å². The van der Waals surface area contributed by atoms with E-state index in [0.717, 1.165) is 103 Å². The van der Waals surface area contributed by atoms with E-state index in [9.17, 15) is 14.4 Å². The summed E-state index contributed by atoms with van der Waals surface area (Å²) >= 11 is 0. The monoisotopic (exact) mass is 1020 g/mol. The summed E-state index contributed by atoms with van der Waals surface area (Å²) in [6.07, 6.45) is 78.5. The number of allylic oxidation sites excluding steroid dienone is 10. The molecule has 0 aliphatic rings. The molecule has 0 aliphatic heterocycles. The highest BCUT2D eigenvalue weighted by Crippen LogP contribution is 2.17. The molecular formula is C67H120O6. The summed E-state index contributed by atoms with van der Waals surface area (Å²) in [5.74, 6) is -0.888. The van der Waals surface area contributed by atoms with Gasteiger partial charge in [-0.3, -0.25) is 14.4 Å². The Labute approximate surface area is 453 Å². The van der Waals surface area contributed by atoms with Crippen LogP contribution >= 0.6 is 0 Å². The van der Waals surface area contributed by atoms with Crippen LogP contribution in [0.15, 0.2) is 60.8 Å². The van der Waals surface area contributed by atoms with Gasteiger partial charge in [-0.25, -0.2) is 0 Å². The van der Waals surface area contributed by atoms with Crippen molar-refractivity contribution in [3.05, 3.63) is 60.8 Å². The molecule has 1 atom stereocenters. The lowest BCUT2D eigenvalue weighted by Crippen LogP contribution is -2.30. The first-order valence-electron chi connectivity index (χ1n) is 31.8. The Kier molecular flexibility index (Phi) is 59.2. The summed E-state index contributed by atoms with van der Waals surface area (Å²) in [5.41, 5.74) is 0. The van der Waals surface area contributed by atoms with Crippen LogP contribution in [0.3, 0.4) is 0 Å². The number of carbonyl (C=O) groups excluding carboxylic acids is 3.